The summed E-state index contributed by atoms with van der Waals surface area (Å²) in [6, 6.07) is 0. The third-order valence-corrected chi connectivity index (χ3v) is 6.52. The second kappa shape index (κ2) is 4.11. The zero-order valence-electron chi connectivity index (χ0n) is 13.4. The first-order chi connectivity index (χ1) is 9.24. The number of hydrogen-bond acceptors (Lipinski definition) is 2. The van der Waals surface area contributed by atoms with Gasteiger partial charge < -0.3 is 4.74 Å². The highest BCUT2D eigenvalue weighted by Crippen LogP contribution is 2.70. The molecule has 0 saturated heterocycles. The van der Waals surface area contributed by atoms with Crippen molar-refractivity contribution in [2.75, 3.05) is 0 Å². The van der Waals surface area contributed by atoms with Crippen LogP contribution in [0.4, 0.5) is 0 Å². The van der Waals surface area contributed by atoms with Gasteiger partial charge in [-0.1, -0.05) is 27.4 Å². The van der Waals surface area contributed by atoms with Crippen molar-refractivity contribution in [1.82, 2.24) is 0 Å². The lowest BCUT2D eigenvalue weighted by Gasteiger charge is -2.68. The molecule has 4 aliphatic carbocycles. The summed E-state index contributed by atoms with van der Waals surface area (Å²) in [5, 5.41) is 0. The Morgan fingerprint density at radius 2 is 2.00 bits per heavy atom. The summed E-state index contributed by atoms with van der Waals surface area (Å²) >= 11 is 0. The van der Waals surface area contributed by atoms with Crippen LogP contribution in [-0.2, 0) is 9.53 Å². The van der Waals surface area contributed by atoms with Crippen LogP contribution in [0.3, 0.4) is 0 Å². The minimum Gasteiger partial charge on any atom is -0.455 e. The van der Waals surface area contributed by atoms with Gasteiger partial charge in [-0.15, -0.1) is 0 Å². The fourth-order valence-corrected chi connectivity index (χ4v) is 6.31. The van der Waals surface area contributed by atoms with Crippen LogP contribution in [0.5, 0.6) is 0 Å². The molecule has 2 nitrogen and oxygen atoms in total. The molecule has 4 bridgehead atoms. The maximum atomic E-state index is 12.2. The molecule has 0 amide bonds. The molecule has 0 N–H and O–H groups in total. The molecule has 4 aliphatic rings. The molecule has 0 spiro atoms. The molecule has 4 saturated carbocycles. The lowest BCUT2D eigenvalue weighted by atomic mass is 9.39. The minimum absolute atomic E-state index is 0.158. The predicted octanol–water partition coefficient (Wildman–Crippen LogP) is 4.49. The SMILES string of the molecule is C=C(C)C(=O)OC1(CC)C2CC3CC(C)(C2)CC1(C)C3. The van der Waals surface area contributed by atoms with E-state index >= 15 is 0 Å². The Labute approximate surface area is 123 Å². The molecular weight excluding hydrogens is 248 g/mol. The van der Waals surface area contributed by atoms with E-state index in [0.29, 0.717) is 16.9 Å². The molecule has 0 radical (unpaired) electrons. The van der Waals surface area contributed by atoms with Crippen LogP contribution >= 0.6 is 0 Å². The molecule has 2 heteroatoms. The standard InChI is InChI=1S/C18H28O2/c1-6-18(20-15(19)12(2)3)14-7-13-8-16(4,10-14)11-17(18,5)9-13/h13-14H,2,6-11H2,1,3-5H3. The number of carbonyl (C=O) groups is 1. The van der Waals surface area contributed by atoms with Gasteiger partial charge in [0.2, 0.25) is 0 Å². The fourth-order valence-electron chi connectivity index (χ4n) is 6.31. The van der Waals surface area contributed by atoms with Crippen LogP contribution in [-0.4, -0.2) is 11.6 Å². The monoisotopic (exact) mass is 276 g/mol. The Morgan fingerprint density at radius 3 is 2.50 bits per heavy atom. The Kier molecular flexibility index (Phi) is 2.91. The molecule has 4 fully saturated rings. The first-order valence-corrected chi connectivity index (χ1v) is 8.12. The zero-order chi connectivity index (χ0) is 14.8. The Bertz CT molecular complexity index is 468. The summed E-state index contributed by atoms with van der Waals surface area (Å²) in [5.41, 5.74) is 0.918. The van der Waals surface area contributed by atoms with Crippen LogP contribution in [0.2, 0.25) is 0 Å². The second-order valence-electron chi connectivity index (χ2n) is 8.37. The lowest BCUT2D eigenvalue weighted by Crippen LogP contribution is -2.67. The third-order valence-electron chi connectivity index (χ3n) is 6.52. The number of rotatable bonds is 3. The smallest absolute Gasteiger partial charge is 0.333 e. The molecule has 0 aliphatic heterocycles. The van der Waals surface area contributed by atoms with Crippen molar-refractivity contribution >= 4 is 5.97 Å². The van der Waals surface area contributed by atoms with Crippen molar-refractivity contribution in [3.05, 3.63) is 12.2 Å². The maximum Gasteiger partial charge on any atom is 0.333 e. The highest BCUT2D eigenvalue weighted by atomic mass is 16.6. The van der Waals surface area contributed by atoms with Crippen molar-refractivity contribution in [1.29, 1.82) is 0 Å². The summed E-state index contributed by atoms with van der Waals surface area (Å²) in [6.45, 7) is 12.5. The molecule has 0 heterocycles. The molecule has 20 heavy (non-hydrogen) atoms. The van der Waals surface area contributed by atoms with E-state index in [1.807, 2.05) is 0 Å². The van der Waals surface area contributed by atoms with Gasteiger partial charge >= 0.3 is 5.97 Å². The Balaban J connectivity index is 1.99. The number of esters is 1. The molecular formula is C18H28O2. The predicted molar refractivity (Wildman–Crippen MR) is 80.2 cm³/mol. The van der Waals surface area contributed by atoms with E-state index < -0.39 is 0 Å². The number of carbonyl (C=O) groups excluding carboxylic acids is 1. The maximum absolute atomic E-state index is 12.2. The van der Waals surface area contributed by atoms with Crippen molar-refractivity contribution in [3.63, 3.8) is 0 Å². The van der Waals surface area contributed by atoms with Crippen LogP contribution in [0, 0.1) is 22.7 Å². The average Bonchev–Trinajstić information content (AvgIpc) is 2.30. The summed E-state index contributed by atoms with van der Waals surface area (Å²) in [6.07, 6.45) is 7.25. The Morgan fingerprint density at radius 1 is 1.30 bits per heavy atom. The molecule has 0 aromatic rings. The van der Waals surface area contributed by atoms with Crippen molar-refractivity contribution in [2.45, 2.75) is 71.8 Å². The first kappa shape index (κ1) is 14.2. The molecule has 5 atom stereocenters. The lowest BCUT2D eigenvalue weighted by molar-refractivity contribution is -0.256. The van der Waals surface area contributed by atoms with Crippen LogP contribution in [0.25, 0.3) is 0 Å². The van der Waals surface area contributed by atoms with Crippen molar-refractivity contribution in [3.8, 4) is 0 Å². The summed E-state index contributed by atoms with van der Waals surface area (Å²) in [5.74, 6) is 1.21. The van der Waals surface area contributed by atoms with Gasteiger partial charge in [0.1, 0.15) is 5.60 Å². The van der Waals surface area contributed by atoms with Gasteiger partial charge in [0, 0.05) is 16.9 Å². The van der Waals surface area contributed by atoms with E-state index in [1.54, 1.807) is 6.92 Å². The highest BCUT2D eigenvalue weighted by molar-refractivity contribution is 5.87. The average molecular weight is 276 g/mol. The normalized spacial score (nSPS) is 49.2. The van der Waals surface area contributed by atoms with Gasteiger partial charge in [0.25, 0.3) is 0 Å². The molecule has 5 unspecified atom stereocenters. The van der Waals surface area contributed by atoms with Crippen molar-refractivity contribution < 1.29 is 9.53 Å². The molecule has 112 valence electrons. The van der Waals surface area contributed by atoms with Gasteiger partial charge in [0.15, 0.2) is 0 Å². The minimum atomic E-state index is -0.251. The molecule has 0 aromatic heterocycles. The van der Waals surface area contributed by atoms with Crippen LogP contribution < -0.4 is 0 Å². The second-order valence-corrected chi connectivity index (χ2v) is 8.37. The van der Waals surface area contributed by atoms with Crippen LogP contribution in [0.15, 0.2) is 12.2 Å². The van der Waals surface area contributed by atoms with Crippen LogP contribution in [0.1, 0.15) is 66.2 Å². The molecule has 0 aromatic carbocycles. The molecule has 4 rings (SSSR count). The van der Waals surface area contributed by atoms with Crippen molar-refractivity contribution in [2.24, 2.45) is 22.7 Å². The van der Waals surface area contributed by atoms with Gasteiger partial charge in [-0.3, -0.25) is 0 Å². The summed E-state index contributed by atoms with van der Waals surface area (Å²) in [4.78, 5) is 12.2. The van der Waals surface area contributed by atoms with Gasteiger partial charge in [-0.25, -0.2) is 4.79 Å². The summed E-state index contributed by atoms with van der Waals surface area (Å²) < 4.78 is 6.14. The van der Waals surface area contributed by atoms with E-state index in [9.17, 15) is 4.79 Å². The topological polar surface area (TPSA) is 26.3 Å². The van der Waals surface area contributed by atoms with Gasteiger partial charge in [0.05, 0.1) is 0 Å². The van der Waals surface area contributed by atoms with E-state index in [2.05, 4.69) is 27.4 Å². The van der Waals surface area contributed by atoms with E-state index in [0.717, 1.165) is 12.3 Å². The Hall–Kier alpha value is -0.790. The van der Waals surface area contributed by atoms with E-state index in [1.165, 1.54) is 32.1 Å². The third kappa shape index (κ3) is 1.72. The fraction of sp³-hybridized carbons (Fsp3) is 0.833. The van der Waals surface area contributed by atoms with E-state index in [4.69, 9.17) is 4.74 Å². The number of ether oxygens (including phenoxy) is 1. The summed E-state index contributed by atoms with van der Waals surface area (Å²) in [7, 11) is 0. The highest BCUT2D eigenvalue weighted by Gasteiger charge is 2.67. The quantitative estimate of drug-likeness (QED) is 0.561. The number of hydrogen-bond donors (Lipinski definition) is 0. The van der Waals surface area contributed by atoms with Gasteiger partial charge in [-0.2, -0.15) is 0 Å². The van der Waals surface area contributed by atoms with Gasteiger partial charge in [-0.05, 0) is 56.8 Å². The first-order valence-electron chi connectivity index (χ1n) is 8.12. The van der Waals surface area contributed by atoms with E-state index in [-0.39, 0.29) is 17.0 Å². The zero-order valence-corrected chi connectivity index (χ0v) is 13.4. The largest absolute Gasteiger partial charge is 0.455 e.